The minimum atomic E-state index is -3.89. The number of hydrogen-bond acceptors (Lipinski definition) is 5. The van der Waals surface area contributed by atoms with Crippen LogP contribution < -0.4 is 4.74 Å². The lowest BCUT2D eigenvalue weighted by molar-refractivity contribution is 0.318. The summed E-state index contributed by atoms with van der Waals surface area (Å²) in [5, 5.41) is 18.9. The normalized spacial score (nSPS) is 11.7. The van der Waals surface area contributed by atoms with E-state index >= 15 is 0 Å². The fourth-order valence-corrected chi connectivity index (χ4v) is 3.12. The quantitative estimate of drug-likeness (QED) is 0.852. The summed E-state index contributed by atoms with van der Waals surface area (Å²) in [5.74, 6) is 0.184. The van der Waals surface area contributed by atoms with E-state index in [-0.39, 0.29) is 21.3 Å². The van der Waals surface area contributed by atoms with Crippen molar-refractivity contribution in [3.63, 3.8) is 0 Å². The van der Waals surface area contributed by atoms with Gasteiger partial charge in [-0.15, -0.1) is 0 Å². The van der Waals surface area contributed by atoms with E-state index in [2.05, 4.69) is 0 Å². The average molecular weight is 329 g/mol. The van der Waals surface area contributed by atoms with E-state index in [9.17, 15) is 18.8 Å². The highest BCUT2D eigenvalue weighted by Crippen LogP contribution is 2.29. The first-order valence-electron chi connectivity index (χ1n) is 6.86. The van der Waals surface area contributed by atoms with Crippen LogP contribution in [-0.2, 0) is 9.84 Å². The summed E-state index contributed by atoms with van der Waals surface area (Å²) >= 11 is 0. The number of nitriles is 1. The van der Waals surface area contributed by atoms with Crippen LogP contribution in [-0.4, -0.2) is 20.1 Å². The molecule has 0 saturated carbocycles. The number of phenolic OH excluding ortho intramolecular Hbond substituents is 1. The Labute approximate surface area is 135 Å². The van der Waals surface area contributed by atoms with Gasteiger partial charge in [-0.1, -0.05) is 24.3 Å². The lowest BCUT2D eigenvalue weighted by atomic mass is 10.2. The van der Waals surface area contributed by atoms with Crippen LogP contribution >= 0.6 is 0 Å². The Hall–Kier alpha value is -2.78. The van der Waals surface area contributed by atoms with Crippen molar-refractivity contribution in [2.45, 2.75) is 11.8 Å². The van der Waals surface area contributed by atoms with Crippen LogP contribution in [0, 0.1) is 11.3 Å². The molecular weight excluding hydrogens is 314 g/mol. The van der Waals surface area contributed by atoms with E-state index in [0.29, 0.717) is 12.2 Å². The first-order chi connectivity index (χ1) is 11.0. The molecule has 0 amide bonds. The van der Waals surface area contributed by atoms with Gasteiger partial charge >= 0.3 is 0 Å². The number of ether oxygens (including phenoxy) is 1. The zero-order valence-electron chi connectivity index (χ0n) is 12.4. The third-order valence-corrected chi connectivity index (χ3v) is 4.72. The molecule has 2 aromatic carbocycles. The van der Waals surface area contributed by atoms with Crippen molar-refractivity contribution in [3.8, 4) is 17.6 Å². The summed E-state index contributed by atoms with van der Waals surface area (Å²) in [6.07, 6.45) is 1.25. The number of allylic oxidation sites excluding steroid dienone is 1. The Morgan fingerprint density at radius 1 is 1.26 bits per heavy atom. The third-order valence-electron chi connectivity index (χ3n) is 3.03. The molecule has 0 aliphatic carbocycles. The molecule has 118 valence electrons. The molecule has 0 spiro atoms. The molecule has 0 aliphatic rings. The standard InChI is InChI=1S/C17H15NO4S/c1-2-22-17-11-13(8-9-16(17)19)10-15(12-18)23(20,21)14-6-4-3-5-7-14/h3-11,19H,2H2,1H3. The first-order valence-corrected chi connectivity index (χ1v) is 8.35. The lowest BCUT2D eigenvalue weighted by Gasteiger charge is -2.07. The molecular formula is C17H15NO4S. The van der Waals surface area contributed by atoms with Crippen molar-refractivity contribution in [1.29, 1.82) is 5.26 Å². The molecule has 0 fully saturated rings. The maximum Gasteiger partial charge on any atom is 0.216 e. The van der Waals surface area contributed by atoms with E-state index in [1.807, 2.05) is 0 Å². The number of hydrogen-bond donors (Lipinski definition) is 1. The number of phenols is 1. The monoisotopic (exact) mass is 329 g/mol. The van der Waals surface area contributed by atoms with E-state index in [0.717, 1.165) is 0 Å². The summed E-state index contributed by atoms with van der Waals surface area (Å²) in [6.45, 7) is 2.12. The second-order valence-electron chi connectivity index (χ2n) is 4.60. The number of benzene rings is 2. The van der Waals surface area contributed by atoms with Crippen LogP contribution in [0.15, 0.2) is 58.3 Å². The highest BCUT2D eigenvalue weighted by Gasteiger charge is 2.20. The van der Waals surface area contributed by atoms with Crippen molar-refractivity contribution < 1.29 is 18.3 Å². The number of nitrogens with zero attached hydrogens (tertiary/aromatic N) is 1. The molecule has 0 heterocycles. The van der Waals surface area contributed by atoms with Gasteiger partial charge in [-0.3, -0.25) is 0 Å². The topological polar surface area (TPSA) is 87.4 Å². The molecule has 0 saturated heterocycles. The van der Waals surface area contributed by atoms with Crippen LogP contribution in [0.3, 0.4) is 0 Å². The first kappa shape index (κ1) is 16.6. The third kappa shape index (κ3) is 3.71. The van der Waals surface area contributed by atoms with Crippen molar-refractivity contribution in [2.24, 2.45) is 0 Å². The van der Waals surface area contributed by atoms with Gasteiger partial charge in [-0.05, 0) is 42.8 Å². The largest absolute Gasteiger partial charge is 0.504 e. The molecule has 2 rings (SSSR count). The number of aromatic hydroxyl groups is 1. The van der Waals surface area contributed by atoms with Crippen LogP contribution in [0.25, 0.3) is 6.08 Å². The predicted octanol–water partition coefficient (Wildman–Crippen LogP) is 3.13. The summed E-state index contributed by atoms with van der Waals surface area (Å²) in [5.41, 5.74) is 0.447. The molecule has 1 N–H and O–H groups in total. The Balaban J connectivity index is 2.48. The zero-order chi connectivity index (χ0) is 16.9. The minimum Gasteiger partial charge on any atom is -0.504 e. The van der Waals surface area contributed by atoms with E-state index in [1.54, 1.807) is 31.2 Å². The van der Waals surface area contributed by atoms with Gasteiger partial charge in [0.05, 0.1) is 11.5 Å². The van der Waals surface area contributed by atoms with Gasteiger partial charge in [-0.25, -0.2) is 8.42 Å². The summed E-state index contributed by atoms with van der Waals surface area (Å²) in [7, 11) is -3.89. The van der Waals surface area contributed by atoms with Gasteiger partial charge in [0.2, 0.25) is 9.84 Å². The van der Waals surface area contributed by atoms with E-state index in [1.165, 1.54) is 36.4 Å². The second kappa shape index (κ2) is 6.99. The fraction of sp³-hybridized carbons (Fsp3) is 0.118. The molecule has 0 bridgehead atoms. The maximum absolute atomic E-state index is 12.5. The van der Waals surface area contributed by atoms with Gasteiger partial charge in [0.25, 0.3) is 0 Å². The number of sulfone groups is 1. The molecule has 0 radical (unpaired) electrons. The summed E-state index contributed by atoms with van der Waals surface area (Å²) in [4.78, 5) is -0.326. The molecule has 6 heteroatoms. The Kier molecular flexibility index (Phi) is 5.04. The van der Waals surface area contributed by atoms with Gasteiger partial charge < -0.3 is 9.84 Å². The molecule has 23 heavy (non-hydrogen) atoms. The molecule has 0 unspecified atom stereocenters. The SMILES string of the molecule is CCOc1cc(C=C(C#N)S(=O)(=O)c2ccccc2)ccc1O. The highest BCUT2D eigenvalue weighted by molar-refractivity contribution is 7.95. The van der Waals surface area contributed by atoms with Crippen molar-refractivity contribution in [3.05, 3.63) is 59.0 Å². The molecule has 0 aromatic heterocycles. The van der Waals surface area contributed by atoms with Crippen LogP contribution in [0.1, 0.15) is 12.5 Å². The second-order valence-corrected chi connectivity index (χ2v) is 6.52. The smallest absolute Gasteiger partial charge is 0.216 e. The Morgan fingerprint density at radius 2 is 1.96 bits per heavy atom. The molecule has 0 aliphatic heterocycles. The minimum absolute atomic E-state index is 0.0478. The maximum atomic E-state index is 12.5. The summed E-state index contributed by atoms with van der Waals surface area (Å²) < 4.78 is 30.2. The number of rotatable bonds is 5. The van der Waals surface area contributed by atoms with Crippen LogP contribution in [0.4, 0.5) is 0 Å². The van der Waals surface area contributed by atoms with Crippen LogP contribution in [0.5, 0.6) is 11.5 Å². The van der Waals surface area contributed by atoms with Gasteiger partial charge in [-0.2, -0.15) is 5.26 Å². The van der Waals surface area contributed by atoms with Gasteiger partial charge in [0.1, 0.15) is 11.0 Å². The van der Waals surface area contributed by atoms with Gasteiger partial charge in [0, 0.05) is 0 Å². The fourth-order valence-electron chi connectivity index (χ4n) is 1.94. The van der Waals surface area contributed by atoms with Crippen LogP contribution in [0.2, 0.25) is 0 Å². The molecule has 0 atom stereocenters. The predicted molar refractivity (Wildman–Crippen MR) is 86.5 cm³/mol. The highest BCUT2D eigenvalue weighted by atomic mass is 32.2. The summed E-state index contributed by atoms with van der Waals surface area (Å²) in [6, 6.07) is 13.9. The van der Waals surface area contributed by atoms with Crippen molar-refractivity contribution in [2.75, 3.05) is 6.61 Å². The van der Waals surface area contributed by atoms with E-state index < -0.39 is 9.84 Å². The van der Waals surface area contributed by atoms with E-state index in [4.69, 9.17) is 4.74 Å². The molecule has 2 aromatic rings. The van der Waals surface area contributed by atoms with Gasteiger partial charge in [0.15, 0.2) is 11.5 Å². The van der Waals surface area contributed by atoms with Crippen molar-refractivity contribution >= 4 is 15.9 Å². The Bertz CT molecular complexity index is 865. The average Bonchev–Trinajstić information content (AvgIpc) is 2.56. The lowest BCUT2D eigenvalue weighted by Crippen LogP contribution is -2.03. The molecule has 5 nitrogen and oxygen atoms in total. The van der Waals surface area contributed by atoms with Crippen molar-refractivity contribution in [1.82, 2.24) is 0 Å². The Morgan fingerprint density at radius 3 is 2.57 bits per heavy atom. The zero-order valence-corrected chi connectivity index (χ0v) is 13.2.